The van der Waals surface area contributed by atoms with Gasteiger partial charge in [0.05, 0.1) is 11.3 Å². The standard InChI is InChI=1S/C17H16FN3O2S/c1-9(2)19-16(22)17-20-13(8-24-17)14-10(3)23-21-15(14)11-4-6-12(18)7-5-11/h4-9H,1-3H3,(H,19,22). The molecule has 7 heteroatoms. The topological polar surface area (TPSA) is 68.0 Å². The molecule has 0 atom stereocenters. The van der Waals surface area contributed by atoms with Crippen molar-refractivity contribution in [2.24, 2.45) is 0 Å². The molecule has 2 aromatic heterocycles. The van der Waals surface area contributed by atoms with Crippen molar-refractivity contribution in [2.75, 3.05) is 0 Å². The first-order valence-corrected chi connectivity index (χ1v) is 8.32. The number of hydrogen-bond donors (Lipinski definition) is 1. The van der Waals surface area contributed by atoms with E-state index in [4.69, 9.17) is 4.52 Å². The van der Waals surface area contributed by atoms with Crippen molar-refractivity contribution >= 4 is 17.2 Å². The first kappa shape index (κ1) is 16.3. The van der Waals surface area contributed by atoms with Gasteiger partial charge in [-0.1, -0.05) is 5.16 Å². The van der Waals surface area contributed by atoms with Gasteiger partial charge in [0.15, 0.2) is 5.01 Å². The highest BCUT2D eigenvalue weighted by molar-refractivity contribution is 7.12. The SMILES string of the molecule is Cc1onc(-c2ccc(F)cc2)c1-c1csc(C(=O)NC(C)C)n1. The molecular formula is C17H16FN3O2S. The largest absolute Gasteiger partial charge is 0.360 e. The summed E-state index contributed by atoms with van der Waals surface area (Å²) in [5.41, 5.74) is 2.63. The van der Waals surface area contributed by atoms with Crippen LogP contribution in [0.1, 0.15) is 29.4 Å². The molecule has 0 spiro atoms. The molecule has 1 aromatic carbocycles. The van der Waals surface area contributed by atoms with Gasteiger partial charge in [0.2, 0.25) is 0 Å². The maximum Gasteiger partial charge on any atom is 0.280 e. The van der Waals surface area contributed by atoms with Crippen LogP contribution in [0.25, 0.3) is 22.5 Å². The molecule has 0 saturated carbocycles. The molecule has 3 aromatic rings. The number of nitrogens with one attached hydrogen (secondary N) is 1. The molecule has 0 radical (unpaired) electrons. The van der Waals surface area contributed by atoms with Crippen LogP contribution in [-0.2, 0) is 0 Å². The van der Waals surface area contributed by atoms with Crippen LogP contribution < -0.4 is 5.32 Å². The Morgan fingerprint density at radius 2 is 2.00 bits per heavy atom. The fraction of sp³-hybridized carbons (Fsp3) is 0.235. The summed E-state index contributed by atoms with van der Waals surface area (Å²) in [4.78, 5) is 16.5. The summed E-state index contributed by atoms with van der Waals surface area (Å²) in [5, 5.41) is 9.05. The minimum atomic E-state index is -0.318. The number of aryl methyl sites for hydroxylation is 1. The third-order valence-corrected chi connectivity index (χ3v) is 4.20. The van der Waals surface area contributed by atoms with Crippen molar-refractivity contribution in [3.63, 3.8) is 0 Å². The summed E-state index contributed by atoms with van der Waals surface area (Å²) >= 11 is 1.26. The number of halogens is 1. The summed E-state index contributed by atoms with van der Waals surface area (Å²) in [6.07, 6.45) is 0. The zero-order valence-electron chi connectivity index (χ0n) is 13.5. The lowest BCUT2D eigenvalue weighted by molar-refractivity contribution is 0.0943. The van der Waals surface area contributed by atoms with Gasteiger partial charge in [-0.3, -0.25) is 4.79 Å². The quantitative estimate of drug-likeness (QED) is 0.774. The highest BCUT2D eigenvalue weighted by Crippen LogP contribution is 2.34. The van der Waals surface area contributed by atoms with Gasteiger partial charge < -0.3 is 9.84 Å². The number of amides is 1. The van der Waals surface area contributed by atoms with Crippen molar-refractivity contribution in [3.8, 4) is 22.5 Å². The second-order valence-corrected chi connectivity index (χ2v) is 6.49. The Bertz CT molecular complexity index is 868. The first-order valence-electron chi connectivity index (χ1n) is 7.44. The van der Waals surface area contributed by atoms with Crippen LogP contribution >= 0.6 is 11.3 Å². The molecule has 0 aliphatic carbocycles. The van der Waals surface area contributed by atoms with Gasteiger partial charge in [-0.15, -0.1) is 11.3 Å². The average molecular weight is 345 g/mol. The van der Waals surface area contributed by atoms with E-state index in [-0.39, 0.29) is 17.8 Å². The van der Waals surface area contributed by atoms with E-state index in [1.54, 1.807) is 24.4 Å². The van der Waals surface area contributed by atoms with Crippen LogP contribution in [0.5, 0.6) is 0 Å². The zero-order valence-corrected chi connectivity index (χ0v) is 14.3. The van der Waals surface area contributed by atoms with Crippen molar-refractivity contribution in [1.29, 1.82) is 0 Å². The number of carbonyl (C=O) groups is 1. The zero-order chi connectivity index (χ0) is 17.3. The molecule has 0 bridgehead atoms. The second kappa shape index (κ2) is 6.52. The third-order valence-electron chi connectivity index (χ3n) is 3.35. The summed E-state index contributed by atoms with van der Waals surface area (Å²) in [6, 6.07) is 6.04. The molecule has 5 nitrogen and oxygen atoms in total. The Morgan fingerprint density at radius 1 is 1.29 bits per heavy atom. The van der Waals surface area contributed by atoms with Crippen LogP contribution in [0.2, 0.25) is 0 Å². The van der Waals surface area contributed by atoms with Crippen LogP contribution in [0, 0.1) is 12.7 Å². The molecule has 1 N–H and O–H groups in total. The first-order chi connectivity index (χ1) is 11.5. The molecular weight excluding hydrogens is 329 g/mol. The van der Waals surface area contributed by atoms with Crippen molar-refractivity contribution in [3.05, 3.63) is 46.2 Å². The average Bonchev–Trinajstić information content (AvgIpc) is 3.14. The fourth-order valence-corrected chi connectivity index (χ4v) is 3.01. The van der Waals surface area contributed by atoms with Crippen LogP contribution in [0.4, 0.5) is 4.39 Å². The Morgan fingerprint density at radius 3 is 2.67 bits per heavy atom. The van der Waals surface area contributed by atoms with Crippen LogP contribution in [0.3, 0.4) is 0 Å². The maximum absolute atomic E-state index is 13.1. The molecule has 1 amide bonds. The van der Waals surface area contributed by atoms with E-state index in [1.807, 2.05) is 13.8 Å². The fourth-order valence-electron chi connectivity index (χ4n) is 2.30. The molecule has 0 fully saturated rings. The van der Waals surface area contributed by atoms with Gasteiger partial charge in [0.25, 0.3) is 5.91 Å². The minimum Gasteiger partial charge on any atom is -0.360 e. The smallest absolute Gasteiger partial charge is 0.280 e. The van der Waals surface area contributed by atoms with E-state index >= 15 is 0 Å². The number of nitrogens with zero attached hydrogens (tertiary/aromatic N) is 2. The summed E-state index contributed by atoms with van der Waals surface area (Å²) in [7, 11) is 0. The molecule has 2 heterocycles. The Balaban J connectivity index is 1.99. The van der Waals surface area contributed by atoms with E-state index < -0.39 is 0 Å². The van der Waals surface area contributed by atoms with Gasteiger partial charge in [0.1, 0.15) is 17.3 Å². The number of rotatable bonds is 4. The van der Waals surface area contributed by atoms with Gasteiger partial charge in [-0.2, -0.15) is 0 Å². The second-order valence-electron chi connectivity index (χ2n) is 5.64. The van der Waals surface area contributed by atoms with Gasteiger partial charge in [-0.25, -0.2) is 9.37 Å². The lowest BCUT2D eigenvalue weighted by Crippen LogP contribution is -2.29. The number of hydrogen-bond acceptors (Lipinski definition) is 5. The molecule has 24 heavy (non-hydrogen) atoms. The number of thiazole rings is 1. The highest BCUT2D eigenvalue weighted by atomic mass is 32.1. The molecule has 124 valence electrons. The summed E-state index contributed by atoms with van der Waals surface area (Å²) < 4.78 is 18.4. The molecule has 0 aliphatic rings. The molecule has 0 unspecified atom stereocenters. The molecule has 0 aliphatic heterocycles. The predicted octanol–water partition coefficient (Wildman–Crippen LogP) is 4.05. The van der Waals surface area contributed by atoms with Gasteiger partial charge in [-0.05, 0) is 45.0 Å². The van der Waals surface area contributed by atoms with E-state index in [9.17, 15) is 9.18 Å². The Labute approximate surface area is 142 Å². The summed E-state index contributed by atoms with van der Waals surface area (Å²) in [5.74, 6) is 0.0657. The lowest BCUT2D eigenvalue weighted by Gasteiger charge is -2.05. The molecule has 0 saturated heterocycles. The van der Waals surface area contributed by atoms with E-state index in [0.717, 1.165) is 5.56 Å². The van der Waals surface area contributed by atoms with Gasteiger partial charge >= 0.3 is 0 Å². The van der Waals surface area contributed by atoms with E-state index in [1.165, 1.54) is 23.5 Å². The third kappa shape index (κ3) is 3.21. The number of benzene rings is 1. The van der Waals surface area contributed by atoms with E-state index in [0.29, 0.717) is 27.7 Å². The minimum absolute atomic E-state index is 0.0388. The highest BCUT2D eigenvalue weighted by Gasteiger charge is 2.21. The maximum atomic E-state index is 13.1. The van der Waals surface area contributed by atoms with Crippen LogP contribution in [0.15, 0.2) is 34.2 Å². The summed E-state index contributed by atoms with van der Waals surface area (Å²) in [6.45, 7) is 5.56. The lowest BCUT2D eigenvalue weighted by atomic mass is 10.0. The van der Waals surface area contributed by atoms with Crippen LogP contribution in [-0.4, -0.2) is 22.1 Å². The normalized spacial score (nSPS) is 11.0. The molecule has 3 rings (SSSR count). The van der Waals surface area contributed by atoms with Crippen molar-refractivity contribution in [1.82, 2.24) is 15.5 Å². The number of carbonyl (C=O) groups excluding carboxylic acids is 1. The van der Waals surface area contributed by atoms with Crippen molar-refractivity contribution < 1.29 is 13.7 Å². The predicted molar refractivity (Wildman–Crippen MR) is 90.3 cm³/mol. The van der Waals surface area contributed by atoms with Gasteiger partial charge in [0, 0.05) is 17.0 Å². The Hall–Kier alpha value is -2.54. The Kier molecular flexibility index (Phi) is 4.44. The van der Waals surface area contributed by atoms with Crippen molar-refractivity contribution in [2.45, 2.75) is 26.8 Å². The monoisotopic (exact) mass is 345 g/mol. The number of aromatic nitrogens is 2. The van der Waals surface area contributed by atoms with E-state index in [2.05, 4.69) is 15.5 Å².